The second-order valence-corrected chi connectivity index (χ2v) is 4.73. The minimum Gasteiger partial charge on any atom is -0.364 e. The maximum Gasteiger partial charge on any atom is 0.310 e. The van der Waals surface area contributed by atoms with Crippen molar-refractivity contribution in [2.45, 2.75) is 38.1 Å². The zero-order valence-corrected chi connectivity index (χ0v) is 8.76. The maximum absolute atomic E-state index is 12.9. The van der Waals surface area contributed by atoms with Crippen molar-refractivity contribution in [3.05, 3.63) is 17.8 Å². The molecule has 0 amide bonds. The van der Waals surface area contributed by atoms with Gasteiger partial charge >= 0.3 is 6.08 Å². The Kier molecular flexibility index (Phi) is 1.75. The Morgan fingerprint density at radius 2 is 2.20 bits per heavy atom. The lowest BCUT2D eigenvalue weighted by molar-refractivity contribution is 0.535. The molecule has 15 heavy (non-hydrogen) atoms. The molecular formula is C11H14FN3. The number of anilines is 1. The molecule has 2 fully saturated rings. The van der Waals surface area contributed by atoms with Gasteiger partial charge in [-0.15, -0.1) is 0 Å². The number of aromatic nitrogens is 2. The molecule has 2 aliphatic carbocycles. The van der Waals surface area contributed by atoms with Crippen LogP contribution in [0.5, 0.6) is 0 Å². The van der Waals surface area contributed by atoms with Crippen LogP contribution in [0.2, 0.25) is 0 Å². The van der Waals surface area contributed by atoms with Gasteiger partial charge in [0, 0.05) is 17.3 Å². The lowest BCUT2D eigenvalue weighted by atomic mass is 10.1. The van der Waals surface area contributed by atoms with E-state index in [1.807, 2.05) is 6.92 Å². The van der Waals surface area contributed by atoms with Crippen molar-refractivity contribution in [3.8, 4) is 0 Å². The molecule has 2 aliphatic rings. The van der Waals surface area contributed by atoms with E-state index in [1.165, 1.54) is 31.9 Å². The second-order valence-electron chi connectivity index (χ2n) is 4.73. The number of halogens is 1. The van der Waals surface area contributed by atoms with Crippen molar-refractivity contribution in [2.24, 2.45) is 5.92 Å². The Labute approximate surface area is 88.1 Å². The molecule has 0 bridgehead atoms. The average Bonchev–Trinajstić information content (AvgIpc) is 3.01. The smallest absolute Gasteiger partial charge is 0.310 e. The topological polar surface area (TPSA) is 37.8 Å². The van der Waals surface area contributed by atoms with Gasteiger partial charge < -0.3 is 5.32 Å². The van der Waals surface area contributed by atoms with E-state index >= 15 is 0 Å². The van der Waals surface area contributed by atoms with Gasteiger partial charge in [0.1, 0.15) is 5.82 Å². The van der Waals surface area contributed by atoms with Crippen LogP contribution >= 0.6 is 0 Å². The highest BCUT2D eigenvalue weighted by Crippen LogP contribution is 2.55. The van der Waals surface area contributed by atoms with Crippen molar-refractivity contribution < 1.29 is 4.39 Å². The minimum absolute atomic E-state index is 0.242. The molecule has 0 saturated heterocycles. The van der Waals surface area contributed by atoms with Crippen LogP contribution in [0, 0.1) is 18.9 Å². The van der Waals surface area contributed by atoms with Gasteiger partial charge in [0.2, 0.25) is 0 Å². The van der Waals surface area contributed by atoms with E-state index in [1.54, 1.807) is 0 Å². The molecule has 0 aromatic carbocycles. The molecule has 0 unspecified atom stereocenters. The molecule has 3 nitrogen and oxygen atoms in total. The molecule has 80 valence electrons. The highest BCUT2D eigenvalue weighted by atomic mass is 19.1. The van der Waals surface area contributed by atoms with E-state index in [0.717, 1.165) is 11.5 Å². The van der Waals surface area contributed by atoms with Crippen LogP contribution in [0.4, 0.5) is 10.2 Å². The van der Waals surface area contributed by atoms with Gasteiger partial charge in [-0.25, -0.2) is 4.98 Å². The Morgan fingerprint density at radius 1 is 1.47 bits per heavy atom. The molecule has 0 spiro atoms. The van der Waals surface area contributed by atoms with Crippen molar-refractivity contribution in [2.75, 3.05) is 5.32 Å². The fraction of sp³-hybridized carbons (Fsp3) is 0.636. The molecule has 1 aromatic heterocycles. The van der Waals surface area contributed by atoms with Crippen molar-refractivity contribution in [1.82, 2.24) is 9.97 Å². The van der Waals surface area contributed by atoms with Crippen LogP contribution < -0.4 is 5.32 Å². The first-order valence-electron chi connectivity index (χ1n) is 5.47. The fourth-order valence-electron chi connectivity index (χ4n) is 2.19. The zero-order chi connectivity index (χ0) is 10.5. The minimum atomic E-state index is -0.644. The third kappa shape index (κ3) is 1.58. The van der Waals surface area contributed by atoms with E-state index in [2.05, 4.69) is 15.3 Å². The number of nitrogens with zero attached hydrogens (tertiary/aromatic N) is 2. The Balaban J connectivity index is 1.84. The summed E-state index contributed by atoms with van der Waals surface area (Å²) in [7, 11) is 0. The monoisotopic (exact) mass is 207 g/mol. The summed E-state index contributed by atoms with van der Waals surface area (Å²) < 4.78 is 12.9. The predicted octanol–water partition coefficient (Wildman–Crippen LogP) is 2.28. The molecule has 1 aromatic rings. The molecular weight excluding hydrogens is 193 g/mol. The Hall–Kier alpha value is -1.19. The molecule has 2 saturated carbocycles. The molecule has 0 aliphatic heterocycles. The SMILES string of the molecule is Cc1cnc(F)nc1NC1(C2CC2)CC1. The zero-order valence-electron chi connectivity index (χ0n) is 8.76. The van der Waals surface area contributed by atoms with Crippen LogP contribution in [-0.2, 0) is 0 Å². The lowest BCUT2D eigenvalue weighted by Crippen LogP contribution is -2.25. The van der Waals surface area contributed by atoms with Gasteiger partial charge in [-0.3, -0.25) is 0 Å². The molecule has 0 radical (unpaired) electrons. The van der Waals surface area contributed by atoms with E-state index in [0.29, 0.717) is 5.82 Å². The fourth-order valence-corrected chi connectivity index (χ4v) is 2.19. The standard InChI is InChI=1S/C11H14FN3/c1-7-6-13-10(12)14-9(7)15-11(4-5-11)8-2-3-8/h6,8H,2-5H2,1H3,(H,13,14,15). The summed E-state index contributed by atoms with van der Waals surface area (Å²) >= 11 is 0. The molecule has 1 N–H and O–H groups in total. The Morgan fingerprint density at radius 3 is 2.80 bits per heavy atom. The van der Waals surface area contributed by atoms with Gasteiger partial charge in [-0.2, -0.15) is 9.37 Å². The molecule has 3 rings (SSSR count). The summed E-state index contributed by atoms with van der Waals surface area (Å²) in [6.07, 6.45) is 5.90. The first-order chi connectivity index (χ1) is 7.20. The van der Waals surface area contributed by atoms with Crippen LogP contribution in [0.25, 0.3) is 0 Å². The number of nitrogens with one attached hydrogen (secondary N) is 1. The summed E-state index contributed by atoms with van der Waals surface area (Å²) in [5.41, 5.74) is 1.16. The van der Waals surface area contributed by atoms with E-state index in [-0.39, 0.29) is 5.54 Å². The van der Waals surface area contributed by atoms with Crippen molar-refractivity contribution in [3.63, 3.8) is 0 Å². The highest BCUT2D eigenvalue weighted by molar-refractivity contribution is 5.46. The van der Waals surface area contributed by atoms with Gasteiger partial charge in [-0.1, -0.05) is 0 Å². The van der Waals surface area contributed by atoms with E-state index in [9.17, 15) is 4.39 Å². The summed E-state index contributed by atoms with van der Waals surface area (Å²) in [6, 6.07) is 0. The van der Waals surface area contributed by atoms with E-state index in [4.69, 9.17) is 0 Å². The van der Waals surface area contributed by atoms with E-state index < -0.39 is 6.08 Å². The third-order valence-corrected chi connectivity index (χ3v) is 3.46. The summed E-state index contributed by atoms with van der Waals surface area (Å²) in [4.78, 5) is 7.35. The van der Waals surface area contributed by atoms with Gasteiger partial charge in [0.25, 0.3) is 0 Å². The predicted molar refractivity (Wildman–Crippen MR) is 55.0 cm³/mol. The third-order valence-electron chi connectivity index (χ3n) is 3.46. The number of hydrogen-bond acceptors (Lipinski definition) is 3. The van der Waals surface area contributed by atoms with Crippen LogP contribution in [0.1, 0.15) is 31.2 Å². The van der Waals surface area contributed by atoms with Crippen LogP contribution in [0.3, 0.4) is 0 Å². The first-order valence-corrected chi connectivity index (χ1v) is 5.47. The summed E-state index contributed by atoms with van der Waals surface area (Å²) in [6.45, 7) is 1.91. The summed E-state index contributed by atoms with van der Waals surface area (Å²) in [5, 5.41) is 3.41. The quantitative estimate of drug-likeness (QED) is 0.773. The summed E-state index contributed by atoms with van der Waals surface area (Å²) in [5.74, 6) is 1.46. The largest absolute Gasteiger partial charge is 0.364 e. The molecule has 4 heteroatoms. The number of hydrogen-bond donors (Lipinski definition) is 1. The second kappa shape index (κ2) is 2.90. The number of rotatable bonds is 3. The normalized spacial score (nSPS) is 22.5. The average molecular weight is 207 g/mol. The number of aryl methyl sites for hydroxylation is 1. The first kappa shape index (κ1) is 9.07. The van der Waals surface area contributed by atoms with Crippen LogP contribution in [-0.4, -0.2) is 15.5 Å². The van der Waals surface area contributed by atoms with Crippen molar-refractivity contribution in [1.29, 1.82) is 0 Å². The van der Waals surface area contributed by atoms with Gasteiger partial charge in [0.15, 0.2) is 0 Å². The van der Waals surface area contributed by atoms with Crippen LogP contribution in [0.15, 0.2) is 6.20 Å². The van der Waals surface area contributed by atoms with Gasteiger partial charge in [0.05, 0.1) is 0 Å². The maximum atomic E-state index is 12.9. The van der Waals surface area contributed by atoms with Crippen molar-refractivity contribution >= 4 is 5.82 Å². The highest BCUT2D eigenvalue weighted by Gasteiger charge is 2.54. The lowest BCUT2D eigenvalue weighted by Gasteiger charge is -2.18. The molecule has 1 heterocycles. The van der Waals surface area contributed by atoms with Gasteiger partial charge in [-0.05, 0) is 38.5 Å². The Bertz CT molecular complexity index is 397. The molecule has 0 atom stereocenters.